The average molecular weight is 312 g/mol. The Hall–Kier alpha value is -1.18. The first-order chi connectivity index (χ1) is 8.79. The van der Waals surface area contributed by atoms with E-state index >= 15 is 0 Å². The molecule has 0 bridgehead atoms. The van der Waals surface area contributed by atoms with Crippen LogP contribution in [0.25, 0.3) is 11.0 Å². The second-order valence-corrected chi connectivity index (χ2v) is 5.12. The van der Waals surface area contributed by atoms with E-state index in [9.17, 15) is 0 Å². The monoisotopic (exact) mass is 311 g/mol. The molecule has 0 aromatic carbocycles. The van der Waals surface area contributed by atoms with Gasteiger partial charge in [0.1, 0.15) is 0 Å². The maximum absolute atomic E-state index is 5.68. The molecule has 2 aromatic rings. The van der Waals surface area contributed by atoms with Crippen LogP contribution in [-0.4, -0.2) is 47.5 Å². The minimum absolute atomic E-state index is 0.0840. The number of nitrogens with one attached hydrogen (secondary N) is 1. The first-order valence-corrected chi connectivity index (χ1v) is 6.63. The van der Waals surface area contributed by atoms with Gasteiger partial charge in [-0.1, -0.05) is 0 Å². The predicted octanol–water partition coefficient (Wildman–Crippen LogP) is 0.884. The lowest BCUT2D eigenvalue weighted by Crippen LogP contribution is -2.45. The summed E-state index contributed by atoms with van der Waals surface area (Å²) in [6, 6.07) is 0. The van der Waals surface area contributed by atoms with Crippen LogP contribution in [0.3, 0.4) is 0 Å². The molecule has 1 atom stereocenters. The Morgan fingerprint density at radius 2 is 2.44 bits per heavy atom. The van der Waals surface area contributed by atoms with Crippen molar-refractivity contribution in [1.29, 1.82) is 0 Å². The molecule has 3 N–H and O–H groups in total. The Bertz CT molecular complexity index is 557. The molecule has 96 valence electrons. The van der Waals surface area contributed by atoms with Crippen molar-refractivity contribution in [3.05, 3.63) is 16.9 Å². The van der Waals surface area contributed by atoms with E-state index in [1.165, 1.54) is 0 Å². The summed E-state index contributed by atoms with van der Waals surface area (Å²) in [5.41, 5.74) is 7.58. The van der Waals surface area contributed by atoms with Gasteiger partial charge in [-0.05, 0) is 15.9 Å². The summed E-state index contributed by atoms with van der Waals surface area (Å²) in [4.78, 5) is 6.56. The maximum atomic E-state index is 5.68. The van der Waals surface area contributed by atoms with E-state index in [0.717, 1.165) is 34.3 Å². The van der Waals surface area contributed by atoms with E-state index in [1.807, 2.05) is 0 Å². The Balaban J connectivity index is 2.02. The van der Waals surface area contributed by atoms with Crippen LogP contribution in [0.15, 0.2) is 16.9 Å². The highest BCUT2D eigenvalue weighted by atomic mass is 79.9. The van der Waals surface area contributed by atoms with Crippen molar-refractivity contribution in [3.8, 4) is 0 Å². The molecule has 7 heteroatoms. The van der Waals surface area contributed by atoms with Crippen molar-refractivity contribution in [3.63, 3.8) is 0 Å². The molecule has 3 rings (SSSR count). The second kappa shape index (κ2) is 4.83. The summed E-state index contributed by atoms with van der Waals surface area (Å²) < 4.78 is 6.56. The lowest BCUT2D eigenvalue weighted by molar-refractivity contribution is 0.0466. The molecule has 0 aliphatic carbocycles. The van der Waals surface area contributed by atoms with Gasteiger partial charge in [-0.3, -0.25) is 5.10 Å². The van der Waals surface area contributed by atoms with E-state index in [0.29, 0.717) is 13.2 Å². The first kappa shape index (κ1) is 11.9. The van der Waals surface area contributed by atoms with Gasteiger partial charge in [-0.25, -0.2) is 4.98 Å². The van der Waals surface area contributed by atoms with E-state index < -0.39 is 0 Å². The van der Waals surface area contributed by atoms with Gasteiger partial charge in [0.05, 0.1) is 34.5 Å². The molecule has 1 aliphatic rings. The predicted molar refractivity (Wildman–Crippen MR) is 72.6 cm³/mol. The summed E-state index contributed by atoms with van der Waals surface area (Å²) in [6.07, 6.45) is 3.68. The van der Waals surface area contributed by atoms with Crippen molar-refractivity contribution < 1.29 is 4.74 Å². The van der Waals surface area contributed by atoms with Gasteiger partial charge in [-0.15, -0.1) is 0 Å². The molecular formula is C11H14BrN5O. The standard InChI is InChI=1S/C11H14BrN5O/c12-9-5-14-11-8(4-15-16-11)10(9)17-1-2-18-7(3-13)6-17/h4-5,7H,1-3,6,13H2,(H,14,15,16). The van der Waals surface area contributed by atoms with E-state index in [1.54, 1.807) is 12.4 Å². The molecule has 3 heterocycles. The van der Waals surface area contributed by atoms with Crippen molar-refractivity contribution >= 4 is 32.7 Å². The summed E-state index contributed by atoms with van der Waals surface area (Å²) in [7, 11) is 0. The van der Waals surface area contributed by atoms with Crippen LogP contribution in [-0.2, 0) is 4.74 Å². The minimum Gasteiger partial charge on any atom is -0.373 e. The van der Waals surface area contributed by atoms with Gasteiger partial charge in [0.25, 0.3) is 0 Å². The zero-order valence-electron chi connectivity index (χ0n) is 9.77. The molecule has 0 radical (unpaired) electrons. The fourth-order valence-corrected chi connectivity index (χ4v) is 2.82. The number of anilines is 1. The van der Waals surface area contributed by atoms with Gasteiger partial charge in [-0.2, -0.15) is 5.10 Å². The number of hydrogen-bond donors (Lipinski definition) is 2. The van der Waals surface area contributed by atoms with Crippen LogP contribution >= 0.6 is 15.9 Å². The lowest BCUT2D eigenvalue weighted by Gasteiger charge is -2.34. The van der Waals surface area contributed by atoms with Gasteiger partial charge in [0.15, 0.2) is 5.65 Å². The number of H-pyrrole nitrogens is 1. The highest BCUT2D eigenvalue weighted by Crippen LogP contribution is 2.33. The molecule has 0 amide bonds. The van der Waals surface area contributed by atoms with Crippen LogP contribution in [0, 0.1) is 0 Å². The summed E-state index contributed by atoms with van der Waals surface area (Å²) in [5, 5.41) is 7.95. The van der Waals surface area contributed by atoms with E-state index in [2.05, 4.69) is 36.0 Å². The van der Waals surface area contributed by atoms with Crippen LogP contribution < -0.4 is 10.6 Å². The van der Waals surface area contributed by atoms with Crippen LogP contribution in [0.5, 0.6) is 0 Å². The molecule has 0 saturated carbocycles. The first-order valence-electron chi connectivity index (χ1n) is 5.84. The average Bonchev–Trinajstić information content (AvgIpc) is 2.87. The number of morpholine rings is 1. The van der Waals surface area contributed by atoms with Gasteiger partial charge >= 0.3 is 0 Å². The van der Waals surface area contributed by atoms with Gasteiger partial charge in [0.2, 0.25) is 0 Å². The molecule has 1 unspecified atom stereocenters. The van der Waals surface area contributed by atoms with Gasteiger partial charge < -0.3 is 15.4 Å². The molecule has 1 saturated heterocycles. The molecular weight excluding hydrogens is 298 g/mol. The Kier molecular flexibility index (Phi) is 3.19. The molecule has 18 heavy (non-hydrogen) atoms. The second-order valence-electron chi connectivity index (χ2n) is 4.26. The fourth-order valence-electron chi connectivity index (χ4n) is 2.25. The van der Waals surface area contributed by atoms with E-state index in [4.69, 9.17) is 10.5 Å². The summed E-state index contributed by atoms with van der Waals surface area (Å²) in [5.74, 6) is 0. The SMILES string of the molecule is NCC1CN(c2c(Br)cnc3[nH]ncc23)CCO1. The largest absolute Gasteiger partial charge is 0.373 e. The number of rotatable bonds is 2. The van der Waals surface area contributed by atoms with Crippen molar-refractivity contribution in [2.45, 2.75) is 6.10 Å². The van der Waals surface area contributed by atoms with Crippen molar-refractivity contribution in [2.24, 2.45) is 5.73 Å². The number of hydrogen-bond acceptors (Lipinski definition) is 5. The molecule has 1 aliphatic heterocycles. The summed E-state index contributed by atoms with van der Waals surface area (Å²) >= 11 is 3.56. The molecule has 1 fully saturated rings. The number of aromatic amines is 1. The quantitative estimate of drug-likeness (QED) is 0.861. The topological polar surface area (TPSA) is 80.1 Å². The highest BCUT2D eigenvalue weighted by molar-refractivity contribution is 9.10. The minimum atomic E-state index is 0.0840. The number of halogens is 1. The summed E-state index contributed by atoms with van der Waals surface area (Å²) in [6.45, 7) is 2.86. The Morgan fingerprint density at radius 1 is 1.56 bits per heavy atom. The van der Waals surface area contributed by atoms with Crippen LogP contribution in [0.1, 0.15) is 0 Å². The molecule has 0 spiro atoms. The lowest BCUT2D eigenvalue weighted by atomic mass is 10.2. The number of ether oxygens (including phenoxy) is 1. The third-order valence-electron chi connectivity index (χ3n) is 3.13. The smallest absolute Gasteiger partial charge is 0.157 e. The number of pyridine rings is 1. The Labute approximate surface area is 113 Å². The fraction of sp³-hybridized carbons (Fsp3) is 0.455. The van der Waals surface area contributed by atoms with Gasteiger partial charge in [0, 0.05) is 25.8 Å². The number of aromatic nitrogens is 3. The van der Waals surface area contributed by atoms with Crippen molar-refractivity contribution in [2.75, 3.05) is 31.1 Å². The molecule has 2 aromatic heterocycles. The Morgan fingerprint density at radius 3 is 3.28 bits per heavy atom. The maximum Gasteiger partial charge on any atom is 0.157 e. The number of nitrogens with two attached hydrogens (primary N) is 1. The third kappa shape index (κ3) is 1.98. The zero-order chi connectivity index (χ0) is 12.5. The number of fused-ring (bicyclic) bond motifs is 1. The highest BCUT2D eigenvalue weighted by Gasteiger charge is 2.23. The van der Waals surface area contributed by atoms with Crippen LogP contribution in [0.2, 0.25) is 0 Å². The zero-order valence-corrected chi connectivity index (χ0v) is 11.4. The van der Waals surface area contributed by atoms with E-state index in [-0.39, 0.29) is 6.10 Å². The number of nitrogens with zero attached hydrogens (tertiary/aromatic N) is 3. The third-order valence-corrected chi connectivity index (χ3v) is 3.71. The normalized spacial score (nSPS) is 20.6. The molecule has 6 nitrogen and oxygen atoms in total. The van der Waals surface area contributed by atoms with Crippen LogP contribution in [0.4, 0.5) is 5.69 Å². The van der Waals surface area contributed by atoms with Crippen molar-refractivity contribution in [1.82, 2.24) is 15.2 Å².